The molecule has 2 rings (SSSR count). The summed E-state index contributed by atoms with van der Waals surface area (Å²) in [5.41, 5.74) is 1.86. The lowest BCUT2D eigenvalue weighted by molar-refractivity contribution is 0.329. The summed E-state index contributed by atoms with van der Waals surface area (Å²) >= 11 is 3.41. The molecule has 0 saturated heterocycles. The second-order valence-corrected chi connectivity index (χ2v) is 4.81. The standard InChI is InChI=1S/C13H15BrN2O2/c1-3-15-7-11-8-17-13(16-11)18-12-6-10(14)5-4-9(12)2/h4-6,8,15H,3,7H2,1-2H3. The van der Waals surface area contributed by atoms with Crippen molar-refractivity contribution in [3.63, 3.8) is 0 Å². The molecule has 0 fully saturated rings. The van der Waals surface area contributed by atoms with E-state index in [2.05, 4.69) is 26.2 Å². The number of benzene rings is 1. The molecule has 0 spiro atoms. The summed E-state index contributed by atoms with van der Waals surface area (Å²) in [6.07, 6.45) is 1.87. The highest BCUT2D eigenvalue weighted by Gasteiger charge is 2.08. The Labute approximate surface area is 114 Å². The van der Waals surface area contributed by atoms with E-state index >= 15 is 0 Å². The minimum Gasteiger partial charge on any atom is -0.417 e. The molecule has 0 amide bonds. The lowest BCUT2D eigenvalue weighted by Crippen LogP contribution is -2.11. The number of nitrogens with one attached hydrogen (secondary N) is 1. The van der Waals surface area contributed by atoms with Crippen molar-refractivity contribution in [3.05, 3.63) is 40.2 Å². The van der Waals surface area contributed by atoms with Crippen molar-refractivity contribution in [1.29, 1.82) is 0 Å². The van der Waals surface area contributed by atoms with Gasteiger partial charge in [0.2, 0.25) is 0 Å². The van der Waals surface area contributed by atoms with Crippen molar-refractivity contribution in [2.24, 2.45) is 0 Å². The van der Waals surface area contributed by atoms with Gasteiger partial charge in [0.25, 0.3) is 0 Å². The molecule has 4 nitrogen and oxygen atoms in total. The number of oxazole rings is 1. The Kier molecular flexibility index (Phi) is 4.38. The molecule has 1 N–H and O–H groups in total. The number of rotatable bonds is 5. The van der Waals surface area contributed by atoms with Crippen LogP contribution < -0.4 is 10.1 Å². The third-order valence-corrected chi connectivity index (χ3v) is 2.93. The molecule has 0 saturated carbocycles. The van der Waals surface area contributed by atoms with Crippen molar-refractivity contribution < 1.29 is 9.15 Å². The molecule has 1 aromatic heterocycles. The van der Waals surface area contributed by atoms with Crippen LogP contribution in [0.1, 0.15) is 18.2 Å². The summed E-state index contributed by atoms with van der Waals surface area (Å²) in [4.78, 5) is 4.25. The van der Waals surface area contributed by atoms with Crippen molar-refractivity contribution in [2.75, 3.05) is 6.54 Å². The average Bonchev–Trinajstić information content (AvgIpc) is 2.79. The molecule has 1 aromatic carbocycles. The normalized spacial score (nSPS) is 10.6. The summed E-state index contributed by atoms with van der Waals surface area (Å²) in [5.74, 6) is 0.737. The number of hydrogen-bond acceptors (Lipinski definition) is 4. The van der Waals surface area contributed by atoms with Crippen LogP contribution in [0.5, 0.6) is 11.8 Å². The Hall–Kier alpha value is -1.33. The predicted molar refractivity (Wildman–Crippen MR) is 72.8 cm³/mol. The van der Waals surface area contributed by atoms with E-state index in [4.69, 9.17) is 9.15 Å². The first-order valence-electron chi connectivity index (χ1n) is 5.78. The summed E-state index contributed by atoms with van der Waals surface area (Å²) in [5, 5.41) is 3.18. The minimum atomic E-state index is 0.268. The average molecular weight is 311 g/mol. The zero-order chi connectivity index (χ0) is 13.0. The highest BCUT2D eigenvalue weighted by atomic mass is 79.9. The fourth-order valence-electron chi connectivity index (χ4n) is 1.45. The maximum atomic E-state index is 5.62. The van der Waals surface area contributed by atoms with Crippen LogP contribution in [0.4, 0.5) is 0 Å². The zero-order valence-electron chi connectivity index (χ0n) is 10.4. The van der Waals surface area contributed by atoms with Crippen LogP contribution in [-0.2, 0) is 6.54 Å². The van der Waals surface area contributed by atoms with Gasteiger partial charge in [0.05, 0.1) is 5.69 Å². The smallest absolute Gasteiger partial charge is 0.399 e. The zero-order valence-corrected chi connectivity index (χ0v) is 12.0. The largest absolute Gasteiger partial charge is 0.417 e. The van der Waals surface area contributed by atoms with Crippen molar-refractivity contribution in [2.45, 2.75) is 20.4 Å². The third-order valence-electron chi connectivity index (χ3n) is 2.43. The highest BCUT2D eigenvalue weighted by molar-refractivity contribution is 9.10. The van der Waals surface area contributed by atoms with E-state index in [9.17, 15) is 0 Å². The quantitative estimate of drug-likeness (QED) is 0.915. The maximum Gasteiger partial charge on any atom is 0.399 e. The summed E-state index contributed by atoms with van der Waals surface area (Å²) in [7, 11) is 0. The van der Waals surface area contributed by atoms with Crippen molar-refractivity contribution in [3.8, 4) is 11.8 Å². The van der Waals surface area contributed by atoms with Crippen LogP contribution >= 0.6 is 15.9 Å². The van der Waals surface area contributed by atoms with Crippen molar-refractivity contribution >= 4 is 15.9 Å². The lowest BCUT2D eigenvalue weighted by atomic mass is 10.2. The lowest BCUT2D eigenvalue weighted by Gasteiger charge is -2.04. The van der Waals surface area contributed by atoms with Gasteiger partial charge in [-0.15, -0.1) is 0 Å². The van der Waals surface area contributed by atoms with Crippen molar-refractivity contribution in [1.82, 2.24) is 10.3 Å². The summed E-state index contributed by atoms with van der Waals surface area (Å²) in [6, 6.07) is 5.83. The van der Waals surface area contributed by atoms with Gasteiger partial charge in [-0.05, 0) is 31.2 Å². The fourth-order valence-corrected chi connectivity index (χ4v) is 1.79. The number of aromatic nitrogens is 1. The van der Waals surface area contributed by atoms with Gasteiger partial charge in [0.1, 0.15) is 12.0 Å². The van der Waals surface area contributed by atoms with Crippen LogP contribution in [0.15, 0.2) is 33.4 Å². The molecule has 0 atom stereocenters. The SMILES string of the molecule is CCNCc1coc(Oc2cc(Br)ccc2C)n1. The van der Waals surface area contributed by atoms with Gasteiger partial charge in [-0.25, -0.2) is 0 Å². The van der Waals surface area contributed by atoms with E-state index in [0.29, 0.717) is 6.54 Å². The number of hydrogen-bond donors (Lipinski definition) is 1. The molecule has 5 heteroatoms. The van der Waals surface area contributed by atoms with Crippen LogP contribution in [-0.4, -0.2) is 11.5 Å². The Morgan fingerprint density at radius 2 is 2.28 bits per heavy atom. The number of ether oxygens (including phenoxy) is 1. The molecule has 0 bridgehead atoms. The number of nitrogens with zero attached hydrogens (tertiary/aromatic N) is 1. The van der Waals surface area contributed by atoms with E-state index in [0.717, 1.165) is 28.0 Å². The molecule has 0 aliphatic heterocycles. The summed E-state index contributed by atoms with van der Waals surface area (Å²) in [6.45, 7) is 5.60. The maximum absolute atomic E-state index is 5.62. The Bertz CT molecular complexity index is 525. The topological polar surface area (TPSA) is 47.3 Å². The van der Waals surface area contributed by atoms with Gasteiger partial charge in [0.15, 0.2) is 0 Å². The van der Waals surface area contributed by atoms with Gasteiger partial charge in [-0.3, -0.25) is 0 Å². The van der Waals surface area contributed by atoms with E-state index in [1.54, 1.807) is 6.26 Å². The van der Waals surface area contributed by atoms with Gasteiger partial charge in [-0.2, -0.15) is 4.98 Å². The Morgan fingerprint density at radius 1 is 1.44 bits per heavy atom. The molecule has 1 heterocycles. The molecule has 0 unspecified atom stereocenters. The van der Waals surface area contributed by atoms with Crippen LogP contribution in [0.25, 0.3) is 0 Å². The van der Waals surface area contributed by atoms with Gasteiger partial charge in [-0.1, -0.05) is 28.9 Å². The first-order valence-corrected chi connectivity index (χ1v) is 6.57. The molecule has 0 aliphatic carbocycles. The second-order valence-electron chi connectivity index (χ2n) is 3.90. The van der Waals surface area contributed by atoms with Crippen LogP contribution in [0.3, 0.4) is 0 Å². The number of aryl methyl sites for hydroxylation is 1. The Morgan fingerprint density at radius 3 is 3.06 bits per heavy atom. The molecule has 0 aliphatic rings. The fraction of sp³-hybridized carbons (Fsp3) is 0.308. The minimum absolute atomic E-state index is 0.268. The van der Waals surface area contributed by atoms with E-state index in [-0.39, 0.29) is 6.08 Å². The van der Waals surface area contributed by atoms with E-state index < -0.39 is 0 Å². The second kappa shape index (κ2) is 6.02. The first kappa shape index (κ1) is 13.1. The third kappa shape index (κ3) is 3.34. The molecular formula is C13H15BrN2O2. The summed E-state index contributed by atoms with van der Waals surface area (Å²) < 4.78 is 11.8. The van der Waals surface area contributed by atoms with Crippen LogP contribution in [0.2, 0.25) is 0 Å². The van der Waals surface area contributed by atoms with Gasteiger partial charge >= 0.3 is 6.08 Å². The van der Waals surface area contributed by atoms with E-state index in [1.807, 2.05) is 32.0 Å². The molecule has 18 heavy (non-hydrogen) atoms. The molecule has 96 valence electrons. The van der Waals surface area contributed by atoms with Gasteiger partial charge < -0.3 is 14.5 Å². The molecule has 2 aromatic rings. The predicted octanol–water partition coefficient (Wildman–Crippen LogP) is 3.65. The number of halogens is 1. The van der Waals surface area contributed by atoms with E-state index in [1.165, 1.54) is 0 Å². The first-order chi connectivity index (χ1) is 8.69. The van der Waals surface area contributed by atoms with Gasteiger partial charge in [0, 0.05) is 11.0 Å². The Balaban J connectivity index is 2.08. The highest BCUT2D eigenvalue weighted by Crippen LogP contribution is 2.27. The molecular weight excluding hydrogens is 296 g/mol. The van der Waals surface area contributed by atoms with Crippen LogP contribution in [0, 0.1) is 6.92 Å². The monoisotopic (exact) mass is 310 g/mol. The molecule has 0 radical (unpaired) electrons.